The van der Waals surface area contributed by atoms with Crippen LogP contribution in [0, 0.1) is 0 Å². The van der Waals surface area contributed by atoms with Crippen LogP contribution < -0.4 is 10.6 Å². The van der Waals surface area contributed by atoms with E-state index >= 15 is 0 Å². The molecule has 0 aliphatic rings. The summed E-state index contributed by atoms with van der Waals surface area (Å²) in [6.07, 6.45) is 1.75. The van der Waals surface area contributed by atoms with Crippen molar-refractivity contribution in [2.45, 2.75) is 12.5 Å². The first-order chi connectivity index (χ1) is 10.7. The molecule has 0 bridgehead atoms. The molecule has 6 nitrogen and oxygen atoms in total. The fraction of sp³-hybridized carbons (Fsp3) is 0.250. The number of hydrogen-bond donors (Lipinski definition) is 3. The lowest BCUT2D eigenvalue weighted by Crippen LogP contribution is -2.48. The Morgan fingerprint density at radius 2 is 1.91 bits per heavy atom. The minimum absolute atomic E-state index is 0.140. The van der Waals surface area contributed by atoms with Crippen molar-refractivity contribution in [2.24, 2.45) is 0 Å². The Labute approximate surface area is 128 Å². The molecule has 0 saturated heterocycles. The fourth-order valence-electron chi connectivity index (χ4n) is 2.00. The second-order valence-corrected chi connectivity index (χ2v) is 4.71. The quantitative estimate of drug-likeness (QED) is 0.703. The molecule has 0 saturated carbocycles. The van der Waals surface area contributed by atoms with Crippen LogP contribution in [-0.4, -0.2) is 36.1 Å². The van der Waals surface area contributed by atoms with Gasteiger partial charge in [0.2, 0.25) is 5.91 Å². The summed E-state index contributed by atoms with van der Waals surface area (Å²) < 4.78 is 5.02. The van der Waals surface area contributed by atoms with Crippen LogP contribution in [0.25, 0.3) is 0 Å². The molecule has 1 unspecified atom stereocenters. The third-order valence-corrected chi connectivity index (χ3v) is 3.06. The molecule has 0 fully saturated rings. The highest BCUT2D eigenvalue weighted by Gasteiger charge is 2.22. The largest absolute Gasteiger partial charge is 0.459 e. The van der Waals surface area contributed by atoms with Crippen molar-refractivity contribution in [3.63, 3.8) is 0 Å². The third kappa shape index (κ3) is 4.46. The van der Waals surface area contributed by atoms with Crippen LogP contribution in [0.3, 0.4) is 0 Å². The van der Waals surface area contributed by atoms with Gasteiger partial charge in [0, 0.05) is 13.0 Å². The predicted octanol–water partition coefficient (Wildman–Crippen LogP) is 0.729. The number of hydrogen-bond acceptors (Lipinski definition) is 4. The molecule has 0 aliphatic heterocycles. The fourth-order valence-corrected chi connectivity index (χ4v) is 2.00. The first-order valence-electron chi connectivity index (χ1n) is 6.97. The second-order valence-electron chi connectivity index (χ2n) is 4.71. The normalized spacial score (nSPS) is 11.7. The Bertz CT molecular complexity index is 596. The molecule has 3 N–H and O–H groups in total. The lowest BCUT2D eigenvalue weighted by molar-refractivity contribution is -0.123. The molecule has 2 amide bonds. The monoisotopic (exact) mass is 302 g/mol. The topological polar surface area (TPSA) is 91.6 Å². The summed E-state index contributed by atoms with van der Waals surface area (Å²) in [6.45, 7) is -0.0172. The van der Waals surface area contributed by atoms with Crippen LogP contribution in [0.5, 0.6) is 0 Å². The molecule has 22 heavy (non-hydrogen) atoms. The SMILES string of the molecule is O=C(NC(Cc1ccccc1)C(=O)NCCO)c1ccco1. The van der Waals surface area contributed by atoms with Gasteiger partial charge in [0.1, 0.15) is 6.04 Å². The zero-order valence-electron chi connectivity index (χ0n) is 12.0. The van der Waals surface area contributed by atoms with Gasteiger partial charge in [-0.3, -0.25) is 9.59 Å². The average molecular weight is 302 g/mol. The molecule has 0 spiro atoms. The van der Waals surface area contributed by atoms with E-state index in [0.717, 1.165) is 5.56 Å². The van der Waals surface area contributed by atoms with Crippen LogP contribution in [0.4, 0.5) is 0 Å². The van der Waals surface area contributed by atoms with E-state index in [9.17, 15) is 9.59 Å². The summed E-state index contributed by atoms with van der Waals surface area (Å²) in [7, 11) is 0. The van der Waals surface area contributed by atoms with Crippen molar-refractivity contribution in [3.8, 4) is 0 Å². The van der Waals surface area contributed by atoms with E-state index in [-0.39, 0.29) is 24.8 Å². The van der Waals surface area contributed by atoms with Gasteiger partial charge in [-0.25, -0.2) is 0 Å². The highest BCUT2D eigenvalue weighted by atomic mass is 16.3. The van der Waals surface area contributed by atoms with Crippen LogP contribution in [0.15, 0.2) is 53.1 Å². The Morgan fingerprint density at radius 3 is 2.55 bits per heavy atom. The van der Waals surface area contributed by atoms with Crippen LogP contribution >= 0.6 is 0 Å². The summed E-state index contributed by atoms with van der Waals surface area (Å²) in [4.78, 5) is 24.2. The van der Waals surface area contributed by atoms with E-state index in [4.69, 9.17) is 9.52 Å². The molecule has 116 valence electrons. The van der Waals surface area contributed by atoms with Gasteiger partial charge in [-0.2, -0.15) is 0 Å². The number of carbonyl (C=O) groups is 2. The number of nitrogens with one attached hydrogen (secondary N) is 2. The molecule has 1 atom stereocenters. The van der Waals surface area contributed by atoms with Crippen LogP contribution in [-0.2, 0) is 11.2 Å². The van der Waals surface area contributed by atoms with E-state index in [2.05, 4.69) is 10.6 Å². The smallest absolute Gasteiger partial charge is 0.287 e. The zero-order valence-corrected chi connectivity index (χ0v) is 12.0. The van der Waals surface area contributed by atoms with Crippen molar-refractivity contribution >= 4 is 11.8 Å². The van der Waals surface area contributed by atoms with Gasteiger partial charge in [-0.1, -0.05) is 30.3 Å². The summed E-state index contributed by atoms with van der Waals surface area (Å²) in [5.41, 5.74) is 0.923. The summed E-state index contributed by atoms with van der Waals surface area (Å²) in [5.74, 6) is -0.657. The lowest BCUT2D eigenvalue weighted by Gasteiger charge is -2.17. The molecule has 0 radical (unpaired) electrons. The molecule has 1 aromatic heterocycles. The van der Waals surface area contributed by atoms with Gasteiger partial charge < -0.3 is 20.2 Å². The Morgan fingerprint density at radius 1 is 1.14 bits per heavy atom. The average Bonchev–Trinajstić information content (AvgIpc) is 3.07. The van der Waals surface area contributed by atoms with E-state index in [0.29, 0.717) is 6.42 Å². The van der Waals surface area contributed by atoms with E-state index in [1.807, 2.05) is 30.3 Å². The van der Waals surface area contributed by atoms with Crippen LogP contribution in [0.2, 0.25) is 0 Å². The summed E-state index contributed by atoms with van der Waals surface area (Å²) in [5, 5.41) is 14.0. The third-order valence-electron chi connectivity index (χ3n) is 3.06. The molecule has 0 aliphatic carbocycles. The lowest BCUT2D eigenvalue weighted by atomic mass is 10.1. The first-order valence-corrected chi connectivity index (χ1v) is 6.97. The minimum atomic E-state index is -0.744. The molecule has 2 aromatic rings. The highest BCUT2D eigenvalue weighted by molar-refractivity contribution is 5.95. The number of carbonyl (C=O) groups excluding carboxylic acids is 2. The second kappa shape index (κ2) is 7.99. The van der Waals surface area contributed by atoms with Crippen molar-refractivity contribution in [3.05, 3.63) is 60.1 Å². The Kier molecular flexibility index (Phi) is 5.73. The maximum Gasteiger partial charge on any atom is 0.287 e. The number of aliphatic hydroxyl groups excluding tert-OH is 1. The van der Waals surface area contributed by atoms with Crippen molar-refractivity contribution in [2.75, 3.05) is 13.2 Å². The molecular weight excluding hydrogens is 284 g/mol. The summed E-state index contributed by atoms with van der Waals surface area (Å²) in [6, 6.07) is 11.8. The van der Waals surface area contributed by atoms with Crippen molar-refractivity contribution in [1.29, 1.82) is 0 Å². The number of furan rings is 1. The molecular formula is C16H18N2O4. The maximum absolute atomic E-state index is 12.1. The number of rotatable bonds is 7. The molecule has 1 heterocycles. The maximum atomic E-state index is 12.1. The van der Waals surface area contributed by atoms with Gasteiger partial charge in [0.25, 0.3) is 5.91 Å². The van der Waals surface area contributed by atoms with Gasteiger partial charge in [-0.15, -0.1) is 0 Å². The van der Waals surface area contributed by atoms with Crippen molar-refractivity contribution in [1.82, 2.24) is 10.6 Å². The standard InChI is InChI=1S/C16H18N2O4/c19-9-8-17-15(20)13(11-12-5-2-1-3-6-12)18-16(21)14-7-4-10-22-14/h1-7,10,13,19H,8-9,11H2,(H,17,20)(H,18,21). The van der Waals surface area contributed by atoms with Gasteiger partial charge in [0.15, 0.2) is 5.76 Å². The predicted molar refractivity (Wildman–Crippen MR) is 80.2 cm³/mol. The zero-order chi connectivity index (χ0) is 15.8. The first kappa shape index (κ1) is 15.8. The van der Waals surface area contributed by atoms with E-state index < -0.39 is 11.9 Å². The molecule has 6 heteroatoms. The van der Waals surface area contributed by atoms with Gasteiger partial charge in [0.05, 0.1) is 12.9 Å². The van der Waals surface area contributed by atoms with E-state index in [1.54, 1.807) is 6.07 Å². The van der Waals surface area contributed by atoms with Gasteiger partial charge >= 0.3 is 0 Å². The Hall–Kier alpha value is -2.60. The number of aliphatic hydroxyl groups is 1. The number of benzene rings is 1. The molecule has 2 rings (SSSR count). The van der Waals surface area contributed by atoms with Crippen LogP contribution in [0.1, 0.15) is 16.1 Å². The highest BCUT2D eigenvalue weighted by Crippen LogP contribution is 2.06. The van der Waals surface area contributed by atoms with Crippen molar-refractivity contribution < 1.29 is 19.1 Å². The van der Waals surface area contributed by atoms with E-state index in [1.165, 1.54) is 12.3 Å². The number of amides is 2. The van der Waals surface area contributed by atoms with Gasteiger partial charge in [-0.05, 0) is 17.7 Å². The minimum Gasteiger partial charge on any atom is -0.459 e. The Balaban J connectivity index is 2.07. The summed E-state index contributed by atoms with van der Waals surface area (Å²) >= 11 is 0. The molecule has 1 aromatic carbocycles.